The molecule has 3 N–H and O–H groups in total. The number of hydrogen-bond donors (Lipinski definition) is 3. The van der Waals surface area contributed by atoms with Crippen LogP contribution in [-0.4, -0.2) is 51.7 Å². The average Bonchev–Trinajstić information content (AvgIpc) is 3.59. The summed E-state index contributed by atoms with van der Waals surface area (Å²) in [6.07, 6.45) is 6.10. The zero-order valence-corrected chi connectivity index (χ0v) is 16.8. The van der Waals surface area contributed by atoms with Crippen molar-refractivity contribution in [3.8, 4) is 0 Å². The molecule has 8 nitrogen and oxygen atoms in total. The number of fused-ring (bicyclic) bond motifs is 1. The first-order valence-corrected chi connectivity index (χ1v) is 10.3. The molecule has 3 fully saturated rings. The van der Waals surface area contributed by atoms with Crippen LogP contribution in [0.1, 0.15) is 25.5 Å². The number of aromatic nitrogens is 3. The van der Waals surface area contributed by atoms with Gasteiger partial charge < -0.3 is 20.6 Å². The zero-order chi connectivity index (χ0) is 20.9. The van der Waals surface area contributed by atoms with Crippen LogP contribution in [0.3, 0.4) is 0 Å². The number of amides is 1. The van der Waals surface area contributed by atoms with Gasteiger partial charge in [0.05, 0.1) is 18.1 Å². The summed E-state index contributed by atoms with van der Waals surface area (Å²) >= 11 is 0. The highest BCUT2D eigenvalue weighted by Gasteiger charge is 2.78. The van der Waals surface area contributed by atoms with Crippen molar-refractivity contribution < 1.29 is 14.3 Å². The number of carbonyl (C=O) groups excluding carboxylic acids is 1. The van der Waals surface area contributed by atoms with Gasteiger partial charge in [0.15, 0.2) is 11.6 Å². The van der Waals surface area contributed by atoms with E-state index in [0.717, 1.165) is 31.5 Å². The van der Waals surface area contributed by atoms with E-state index in [1.54, 1.807) is 6.20 Å². The molecular weight excluding hydrogens is 387 g/mol. The van der Waals surface area contributed by atoms with Crippen LogP contribution in [0.4, 0.5) is 21.8 Å². The van der Waals surface area contributed by atoms with Crippen LogP contribution in [0.2, 0.25) is 0 Å². The lowest BCUT2D eigenvalue weighted by atomic mass is 9.90. The second-order valence-corrected chi connectivity index (χ2v) is 8.66. The van der Waals surface area contributed by atoms with Crippen molar-refractivity contribution in [1.82, 2.24) is 20.3 Å². The summed E-state index contributed by atoms with van der Waals surface area (Å²) < 4.78 is 14.6. The lowest BCUT2D eigenvalue weighted by Crippen LogP contribution is -2.44. The molecule has 0 aromatic carbocycles. The predicted octanol–water partition coefficient (Wildman–Crippen LogP) is 1.64. The Morgan fingerprint density at radius 1 is 1.33 bits per heavy atom. The van der Waals surface area contributed by atoms with Crippen LogP contribution >= 0.6 is 0 Å². The number of aliphatic hydroxyl groups is 1. The van der Waals surface area contributed by atoms with E-state index in [1.807, 2.05) is 17.0 Å². The lowest BCUT2D eigenvalue weighted by Gasteiger charge is -2.30. The van der Waals surface area contributed by atoms with Crippen molar-refractivity contribution in [2.75, 3.05) is 29.9 Å². The zero-order valence-electron chi connectivity index (χ0n) is 16.8. The second-order valence-electron chi connectivity index (χ2n) is 8.66. The molecule has 158 valence electrons. The molecule has 0 bridgehead atoms. The van der Waals surface area contributed by atoms with Gasteiger partial charge in [0, 0.05) is 42.8 Å². The Hall–Kier alpha value is -2.81. The number of piperidine rings is 1. The van der Waals surface area contributed by atoms with Gasteiger partial charge >= 0.3 is 0 Å². The number of rotatable bonds is 8. The smallest absolute Gasteiger partial charge is 0.229 e. The Labute approximate surface area is 173 Å². The number of carbonyl (C=O) groups is 1. The highest BCUT2D eigenvalue weighted by atomic mass is 19.1. The number of pyridine rings is 1. The summed E-state index contributed by atoms with van der Waals surface area (Å²) in [7, 11) is 0. The SMILES string of the molecule is C[C@@H]1[C@H]2CN(c3nc(Nc4ccc(CCO)nc4)ncc3F)C[C@]12C1(NC=O)CC1. The second kappa shape index (κ2) is 6.87. The van der Waals surface area contributed by atoms with E-state index in [2.05, 4.69) is 32.5 Å². The van der Waals surface area contributed by atoms with Crippen molar-refractivity contribution in [3.63, 3.8) is 0 Å². The Morgan fingerprint density at radius 3 is 2.83 bits per heavy atom. The molecule has 3 aliphatic rings. The molecule has 2 aromatic rings. The van der Waals surface area contributed by atoms with Crippen LogP contribution in [-0.2, 0) is 11.2 Å². The third-order valence-corrected chi connectivity index (χ3v) is 7.29. The van der Waals surface area contributed by atoms with Gasteiger partial charge in [-0.25, -0.2) is 9.37 Å². The van der Waals surface area contributed by atoms with Crippen LogP contribution in [0.15, 0.2) is 24.5 Å². The molecule has 30 heavy (non-hydrogen) atoms. The third-order valence-electron chi connectivity index (χ3n) is 7.29. The van der Waals surface area contributed by atoms with Gasteiger partial charge in [-0.3, -0.25) is 9.78 Å². The number of halogens is 1. The summed E-state index contributed by atoms with van der Waals surface area (Å²) in [6.45, 7) is 3.69. The number of hydrogen-bond acceptors (Lipinski definition) is 7. The molecule has 1 amide bonds. The largest absolute Gasteiger partial charge is 0.396 e. The molecule has 9 heteroatoms. The van der Waals surface area contributed by atoms with Crippen LogP contribution in [0, 0.1) is 23.1 Å². The fourth-order valence-corrected chi connectivity index (χ4v) is 5.54. The molecule has 2 aromatic heterocycles. The van der Waals surface area contributed by atoms with Crippen molar-refractivity contribution in [3.05, 3.63) is 36.0 Å². The van der Waals surface area contributed by atoms with Gasteiger partial charge in [-0.2, -0.15) is 4.98 Å². The molecule has 3 heterocycles. The molecule has 3 atom stereocenters. The molecule has 2 saturated carbocycles. The van der Waals surface area contributed by atoms with Gasteiger partial charge in [0.25, 0.3) is 0 Å². The Balaban J connectivity index is 1.34. The minimum atomic E-state index is -0.450. The number of nitrogens with one attached hydrogen (secondary N) is 2. The van der Waals surface area contributed by atoms with E-state index in [0.29, 0.717) is 36.4 Å². The van der Waals surface area contributed by atoms with Gasteiger partial charge in [-0.05, 0) is 36.8 Å². The molecule has 0 spiro atoms. The first-order valence-electron chi connectivity index (χ1n) is 10.3. The van der Waals surface area contributed by atoms with E-state index in [1.165, 1.54) is 6.20 Å². The predicted molar refractivity (Wildman–Crippen MR) is 109 cm³/mol. The van der Waals surface area contributed by atoms with Gasteiger partial charge in [-0.1, -0.05) is 6.92 Å². The van der Waals surface area contributed by atoms with E-state index in [4.69, 9.17) is 5.11 Å². The molecule has 5 rings (SSSR count). The molecule has 2 aliphatic carbocycles. The molecule has 0 unspecified atom stereocenters. The molecule has 0 radical (unpaired) electrons. The fourth-order valence-electron chi connectivity index (χ4n) is 5.54. The summed E-state index contributed by atoms with van der Waals surface area (Å²) in [5, 5.41) is 15.1. The van der Waals surface area contributed by atoms with E-state index < -0.39 is 5.82 Å². The van der Waals surface area contributed by atoms with Gasteiger partial charge in [-0.15, -0.1) is 0 Å². The summed E-state index contributed by atoms with van der Waals surface area (Å²) in [5.41, 5.74) is 1.35. The van der Waals surface area contributed by atoms with E-state index in [9.17, 15) is 9.18 Å². The van der Waals surface area contributed by atoms with E-state index in [-0.39, 0.29) is 23.4 Å². The minimum absolute atomic E-state index is 0.00531. The van der Waals surface area contributed by atoms with Crippen molar-refractivity contribution in [1.29, 1.82) is 0 Å². The summed E-state index contributed by atoms with van der Waals surface area (Å²) in [5.74, 6) is 1.08. The Bertz CT molecular complexity index is 966. The fraction of sp³-hybridized carbons (Fsp3) is 0.524. The molecule has 1 saturated heterocycles. The Morgan fingerprint density at radius 2 is 2.17 bits per heavy atom. The van der Waals surface area contributed by atoms with Crippen molar-refractivity contribution >= 4 is 23.9 Å². The first kappa shape index (κ1) is 19.2. The summed E-state index contributed by atoms with van der Waals surface area (Å²) in [6, 6.07) is 3.64. The average molecular weight is 412 g/mol. The van der Waals surface area contributed by atoms with Crippen molar-refractivity contribution in [2.45, 2.75) is 31.7 Å². The van der Waals surface area contributed by atoms with Gasteiger partial charge in [0.1, 0.15) is 0 Å². The van der Waals surface area contributed by atoms with Crippen molar-refractivity contribution in [2.24, 2.45) is 17.3 Å². The Kier molecular flexibility index (Phi) is 4.39. The third kappa shape index (κ3) is 2.83. The number of nitrogens with zero attached hydrogens (tertiary/aromatic N) is 4. The lowest BCUT2D eigenvalue weighted by molar-refractivity contribution is -0.110. The number of anilines is 3. The first-order chi connectivity index (χ1) is 14.5. The summed E-state index contributed by atoms with van der Waals surface area (Å²) in [4.78, 5) is 25.9. The minimum Gasteiger partial charge on any atom is -0.396 e. The maximum Gasteiger partial charge on any atom is 0.229 e. The van der Waals surface area contributed by atoms with E-state index >= 15 is 0 Å². The van der Waals surface area contributed by atoms with Gasteiger partial charge in [0.2, 0.25) is 12.4 Å². The highest BCUT2D eigenvalue weighted by molar-refractivity contribution is 5.57. The number of aliphatic hydroxyl groups excluding tert-OH is 1. The molecular formula is C21H25FN6O2. The van der Waals surface area contributed by atoms with Crippen LogP contribution in [0.25, 0.3) is 0 Å². The topological polar surface area (TPSA) is 103 Å². The van der Waals surface area contributed by atoms with Crippen LogP contribution in [0.5, 0.6) is 0 Å². The maximum atomic E-state index is 14.6. The normalized spacial score (nSPS) is 28.0. The molecule has 1 aliphatic heterocycles. The standard InChI is InChI=1S/C21H25FN6O2/c1-13-16-10-28(11-21(13,16)20(5-6-20)25-12-30)18-17(22)9-24-19(27-18)26-15-3-2-14(4-7-29)23-8-15/h2-3,8-9,12-13,16,29H,4-7,10-11H2,1H3,(H,25,30)(H,24,26,27)/t13-,16-,21+/m1/s1. The maximum absolute atomic E-state index is 14.6. The quantitative estimate of drug-likeness (QED) is 0.567. The highest BCUT2D eigenvalue weighted by Crippen LogP contribution is 2.74. The van der Waals surface area contributed by atoms with Crippen LogP contribution < -0.4 is 15.5 Å². The monoisotopic (exact) mass is 412 g/mol.